The molecule has 0 atom stereocenters. The van der Waals surface area contributed by atoms with Crippen molar-refractivity contribution < 1.29 is 0 Å². The van der Waals surface area contributed by atoms with E-state index in [0.29, 0.717) is 23.0 Å². The number of hydrogen-bond donors (Lipinski definition) is 0. The Morgan fingerprint density at radius 1 is 0.511 bits per heavy atom. The summed E-state index contributed by atoms with van der Waals surface area (Å²) in [5.41, 5.74) is 10.4. The van der Waals surface area contributed by atoms with E-state index in [0.717, 1.165) is 38.6 Å². The van der Waals surface area contributed by atoms with Crippen LogP contribution in [0.4, 0.5) is 0 Å². The number of hydrogen-bond acceptors (Lipinski definition) is 4. The molecule has 8 rings (SSSR count). The highest BCUT2D eigenvalue weighted by Crippen LogP contribution is 2.52. The smallest absolute Gasteiger partial charge is 0.164 e. The standard InChI is InChI=1S/C41H28N4/c1-41(2)35-20-10-18-32(37(35)34-22-21-26(25-42)23-36(34)41)29-15-8-16-30(24-29)39-43-38(28-12-4-3-5-13-28)44-40(45-39)33-19-9-14-27-11-6-7-17-31(27)33/h3-24H,1-2H3. The summed E-state index contributed by atoms with van der Waals surface area (Å²) in [6.07, 6.45) is 0. The fraction of sp³-hybridized carbons (Fsp3) is 0.0732. The molecule has 0 saturated heterocycles. The molecule has 212 valence electrons. The van der Waals surface area contributed by atoms with Crippen molar-refractivity contribution in [3.8, 4) is 62.5 Å². The van der Waals surface area contributed by atoms with Crippen LogP contribution in [-0.4, -0.2) is 15.0 Å². The average Bonchev–Trinajstić information content (AvgIpc) is 3.33. The molecule has 4 nitrogen and oxygen atoms in total. The summed E-state index contributed by atoms with van der Waals surface area (Å²) in [7, 11) is 0. The molecule has 0 fully saturated rings. The Morgan fingerprint density at radius 3 is 2.00 bits per heavy atom. The van der Waals surface area contributed by atoms with Gasteiger partial charge in [-0.15, -0.1) is 0 Å². The second-order valence-electron chi connectivity index (χ2n) is 12.0. The molecule has 4 heteroatoms. The summed E-state index contributed by atoms with van der Waals surface area (Å²) in [6.45, 7) is 4.48. The third-order valence-corrected chi connectivity index (χ3v) is 8.96. The monoisotopic (exact) mass is 576 g/mol. The highest BCUT2D eigenvalue weighted by molar-refractivity contribution is 5.96. The molecule has 0 radical (unpaired) electrons. The minimum atomic E-state index is -0.211. The van der Waals surface area contributed by atoms with Crippen LogP contribution in [0.25, 0.3) is 67.2 Å². The summed E-state index contributed by atoms with van der Waals surface area (Å²) >= 11 is 0. The topological polar surface area (TPSA) is 62.5 Å². The van der Waals surface area contributed by atoms with E-state index in [-0.39, 0.29) is 5.41 Å². The van der Waals surface area contributed by atoms with Gasteiger partial charge in [0.1, 0.15) is 0 Å². The van der Waals surface area contributed by atoms with Gasteiger partial charge < -0.3 is 0 Å². The van der Waals surface area contributed by atoms with Gasteiger partial charge in [0.15, 0.2) is 17.5 Å². The van der Waals surface area contributed by atoms with Crippen LogP contribution >= 0.6 is 0 Å². The molecule has 0 spiro atoms. The van der Waals surface area contributed by atoms with Crippen LogP contribution < -0.4 is 0 Å². The van der Waals surface area contributed by atoms with E-state index >= 15 is 0 Å². The molecule has 0 unspecified atom stereocenters. The maximum atomic E-state index is 9.60. The lowest BCUT2D eigenvalue weighted by Gasteiger charge is -2.21. The first kappa shape index (κ1) is 26.7. The molecule has 7 aromatic rings. The Balaban J connectivity index is 1.31. The van der Waals surface area contributed by atoms with Crippen molar-refractivity contribution in [3.63, 3.8) is 0 Å². The van der Waals surface area contributed by atoms with Crippen molar-refractivity contribution in [2.75, 3.05) is 0 Å². The second kappa shape index (κ2) is 10.4. The minimum absolute atomic E-state index is 0.211. The SMILES string of the molecule is CC1(C)c2cc(C#N)ccc2-c2c(-c3cccc(-c4nc(-c5ccccc5)nc(-c5cccc6ccccc56)n4)c3)cccc21. The largest absolute Gasteiger partial charge is 0.208 e. The zero-order chi connectivity index (χ0) is 30.5. The normalized spacial score (nSPS) is 12.8. The molecule has 0 aliphatic heterocycles. The van der Waals surface area contributed by atoms with Crippen molar-refractivity contribution >= 4 is 10.8 Å². The lowest BCUT2D eigenvalue weighted by Crippen LogP contribution is -2.15. The molecule has 0 saturated carbocycles. The predicted molar refractivity (Wildman–Crippen MR) is 181 cm³/mol. The summed E-state index contributed by atoms with van der Waals surface area (Å²) < 4.78 is 0. The van der Waals surface area contributed by atoms with E-state index in [2.05, 4.69) is 98.8 Å². The Bertz CT molecular complexity index is 2310. The third-order valence-electron chi connectivity index (χ3n) is 8.96. The lowest BCUT2D eigenvalue weighted by molar-refractivity contribution is 0.660. The maximum absolute atomic E-state index is 9.60. The third kappa shape index (κ3) is 4.41. The number of aromatic nitrogens is 3. The molecule has 0 N–H and O–H groups in total. The quantitative estimate of drug-likeness (QED) is 0.209. The summed E-state index contributed by atoms with van der Waals surface area (Å²) in [4.78, 5) is 15.1. The van der Waals surface area contributed by atoms with Gasteiger partial charge in [-0.1, -0.05) is 129 Å². The zero-order valence-electron chi connectivity index (χ0n) is 25.0. The van der Waals surface area contributed by atoms with E-state index in [1.54, 1.807) is 0 Å². The summed E-state index contributed by atoms with van der Waals surface area (Å²) in [5, 5.41) is 11.8. The molecule has 45 heavy (non-hydrogen) atoms. The van der Waals surface area contributed by atoms with Crippen molar-refractivity contribution in [2.24, 2.45) is 0 Å². The van der Waals surface area contributed by atoms with Gasteiger partial charge in [0.25, 0.3) is 0 Å². The van der Waals surface area contributed by atoms with Crippen LogP contribution in [0.5, 0.6) is 0 Å². The summed E-state index contributed by atoms with van der Waals surface area (Å²) in [6, 6.07) is 48.0. The fourth-order valence-electron chi connectivity index (χ4n) is 6.69. The number of fused-ring (bicyclic) bond motifs is 4. The molecule has 0 amide bonds. The minimum Gasteiger partial charge on any atom is -0.208 e. The van der Waals surface area contributed by atoms with Crippen LogP contribution in [0.3, 0.4) is 0 Å². The van der Waals surface area contributed by atoms with Crippen LogP contribution in [0.2, 0.25) is 0 Å². The number of rotatable bonds is 4. The van der Waals surface area contributed by atoms with Crippen LogP contribution in [0.15, 0.2) is 133 Å². The molecule has 1 aliphatic carbocycles. The molecule has 1 aromatic heterocycles. The number of nitrogens with zero attached hydrogens (tertiary/aromatic N) is 4. The van der Waals surface area contributed by atoms with Gasteiger partial charge in [0.2, 0.25) is 0 Å². The Hall–Kier alpha value is -5.92. The fourth-order valence-corrected chi connectivity index (χ4v) is 6.69. The van der Waals surface area contributed by atoms with E-state index in [1.807, 2.05) is 54.6 Å². The maximum Gasteiger partial charge on any atom is 0.164 e. The van der Waals surface area contributed by atoms with Gasteiger partial charge in [-0.25, -0.2) is 15.0 Å². The molecular formula is C41H28N4. The van der Waals surface area contributed by atoms with E-state index in [9.17, 15) is 5.26 Å². The van der Waals surface area contributed by atoms with E-state index in [4.69, 9.17) is 15.0 Å². The van der Waals surface area contributed by atoms with E-state index in [1.165, 1.54) is 22.3 Å². The predicted octanol–water partition coefficient (Wildman–Crippen LogP) is 9.87. The average molecular weight is 577 g/mol. The first-order valence-electron chi connectivity index (χ1n) is 15.1. The molecular weight excluding hydrogens is 548 g/mol. The molecule has 1 heterocycles. The van der Waals surface area contributed by atoms with Gasteiger partial charge in [0.05, 0.1) is 11.6 Å². The molecule has 6 aromatic carbocycles. The second-order valence-corrected chi connectivity index (χ2v) is 12.0. The van der Waals surface area contributed by atoms with Gasteiger partial charge in [0, 0.05) is 22.1 Å². The first-order valence-corrected chi connectivity index (χ1v) is 15.1. The van der Waals surface area contributed by atoms with Crippen LogP contribution in [0.1, 0.15) is 30.5 Å². The Morgan fingerprint density at radius 2 is 1.16 bits per heavy atom. The van der Waals surface area contributed by atoms with Crippen LogP contribution in [0, 0.1) is 11.3 Å². The number of nitriles is 1. The molecule has 1 aliphatic rings. The highest BCUT2D eigenvalue weighted by atomic mass is 15.0. The van der Waals surface area contributed by atoms with Gasteiger partial charge in [-0.05, 0) is 62.4 Å². The first-order chi connectivity index (χ1) is 22.0. The van der Waals surface area contributed by atoms with Crippen molar-refractivity contribution in [1.82, 2.24) is 15.0 Å². The number of benzene rings is 6. The zero-order valence-corrected chi connectivity index (χ0v) is 25.0. The Kier molecular flexibility index (Phi) is 6.15. The van der Waals surface area contributed by atoms with Crippen LogP contribution in [-0.2, 0) is 5.41 Å². The Labute approximate surface area is 262 Å². The summed E-state index contributed by atoms with van der Waals surface area (Å²) in [5.74, 6) is 1.91. The highest BCUT2D eigenvalue weighted by Gasteiger charge is 2.37. The van der Waals surface area contributed by atoms with Gasteiger partial charge in [-0.2, -0.15) is 5.26 Å². The lowest BCUT2D eigenvalue weighted by atomic mass is 9.81. The molecule has 0 bridgehead atoms. The van der Waals surface area contributed by atoms with E-state index < -0.39 is 0 Å². The van der Waals surface area contributed by atoms with Crippen molar-refractivity contribution in [1.29, 1.82) is 5.26 Å². The van der Waals surface area contributed by atoms with Crippen molar-refractivity contribution in [2.45, 2.75) is 19.3 Å². The van der Waals surface area contributed by atoms with Crippen molar-refractivity contribution in [3.05, 3.63) is 150 Å². The van der Waals surface area contributed by atoms with Gasteiger partial charge in [-0.3, -0.25) is 0 Å². The van der Waals surface area contributed by atoms with Gasteiger partial charge >= 0.3 is 0 Å².